The van der Waals surface area contributed by atoms with Gasteiger partial charge in [-0.2, -0.15) is 5.26 Å². The average Bonchev–Trinajstić information content (AvgIpc) is 2.20. The Morgan fingerprint density at radius 3 is 3.07 bits per heavy atom. The van der Waals surface area contributed by atoms with Gasteiger partial charge in [0.05, 0.1) is 17.4 Å². The Labute approximate surface area is 88.3 Å². The van der Waals surface area contributed by atoms with Gasteiger partial charge >= 0.3 is 0 Å². The van der Waals surface area contributed by atoms with Crippen molar-refractivity contribution in [3.63, 3.8) is 0 Å². The van der Waals surface area contributed by atoms with Crippen molar-refractivity contribution < 1.29 is 0 Å². The fourth-order valence-electron chi connectivity index (χ4n) is 0.977. The molecular formula is C10H13N3S. The molecule has 1 aromatic heterocycles. The zero-order valence-corrected chi connectivity index (χ0v) is 8.97. The first-order chi connectivity index (χ1) is 6.77. The highest BCUT2D eigenvalue weighted by Gasteiger charge is 2.03. The molecule has 0 fully saturated rings. The first-order valence-corrected chi connectivity index (χ1v) is 5.55. The third-order valence-corrected chi connectivity index (χ3v) is 2.82. The molecule has 0 saturated carbocycles. The van der Waals surface area contributed by atoms with Gasteiger partial charge in [0.15, 0.2) is 0 Å². The number of unbranched alkanes of at least 4 members (excludes halogenated alkanes) is 1. The molecule has 0 amide bonds. The number of hydrogen-bond donors (Lipinski definition) is 1. The summed E-state index contributed by atoms with van der Waals surface area (Å²) in [5.74, 6) is 1.00. The van der Waals surface area contributed by atoms with Crippen molar-refractivity contribution >= 4 is 17.4 Å². The zero-order chi connectivity index (χ0) is 10.4. The highest BCUT2D eigenvalue weighted by molar-refractivity contribution is 7.99. The van der Waals surface area contributed by atoms with E-state index in [1.54, 1.807) is 24.0 Å². The van der Waals surface area contributed by atoms with E-state index in [1.807, 2.05) is 0 Å². The summed E-state index contributed by atoms with van der Waals surface area (Å²) in [6, 6.07) is 3.77. The molecule has 0 aliphatic rings. The standard InChI is InChI=1S/C10H13N3S/c1-2-3-4-14-10-8(6-11)5-9(12)7-13-10/h5,7H,2-4,12H2,1H3. The minimum Gasteiger partial charge on any atom is -0.397 e. The molecule has 1 rings (SSSR count). The molecule has 0 aliphatic carbocycles. The van der Waals surface area contributed by atoms with Gasteiger partial charge in [0, 0.05) is 0 Å². The van der Waals surface area contributed by atoms with Gasteiger partial charge in [0.2, 0.25) is 0 Å². The van der Waals surface area contributed by atoms with E-state index in [9.17, 15) is 0 Å². The first kappa shape index (κ1) is 10.9. The largest absolute Gasteiger partial charge is 0.397 e. The van der Waals surface area contributed by atoms with Crippen LogP contribution in [0.25, 0.3) is 0 Å². The van der Waals surface area contributed by atoms with E-state index in [1.165, 1.54) is 0 Å². The lowest BCUT2D eigenvalue weighted by Crippen LogP contribution is -1.92. The molecule has 1 heterocycles. The number of aromatic nitrogens is 1. The van der Waals surface area contributed by atoms with Crippen LogP contribution in [0.4, 0.5) is 5.69 Å². The molecule has 0 bridgehead atoms. The first-order valence-electron chi connectivity index (χ1n) is 4.56. The minimum absolute atomic E-state index is 0.543. The van der Waals surface area contributed by atoms with E-state index in [2.05, 4.69) is 18.0 Å². The Bertz CT molecular complexity index is 344. The lowest BCUT2D eigenvalue weighted by atomic mass is 10.3. The van der Waals surface area contributed by atoms with Crippen molar-refractivity contribution in [3.05, 3.63) is 17.8 Å². The Kier molecular flexibility index (Phi) is 4.27. The fraction of sp³-hybridized carbons (Fsp3) is 0.400. The molecule has 0 atom stereocenters. The maximum absolute atomic E-state index is 8.84. The predicted octanol–water partition coefficient (Wildman–Crippen LogP) is 2.43. The van der Waals surface area contributed by atoms with Gasteiger partial charge in [0.1, 0.15) is 11.1 Å². The van der Waals surface area contributed by atoms with Crippen LogP contribution in [0.3, 0.4) is 0 Å². The summed E-state index contributed by atoms with van der Waals surface area (Å²) in [4.78, 5) is 4.14. The maximum Gasteiger partial charge on any atom is 0.114 e. The van der Waals surface area contributed by atoms with Crippen LogP contribution in [-0.2, 0) is 0 Å². The lowest BCUT2D eigenvalue weighted by Gasteiger charge is -2.02. The monoisotopic (exact) mass is 207 g/mol. The second kappa shape index (κ2) is 5.51. The highest BCUT2D eigenvalue weighted by atomic mass is 32.2. The van der Waals surface area contributed by atoms with Gasteiger partial charge in [-0.1, -0.05) is 13.3 Å². The van der Waals surface area contributed by atoms with Crippen molar-refractivity contribution in [2.75, 3.05) is 11.5 Å². The van der Waals surface area contributed by atoms with Crippen LogP contribution in [0.1, 0.15) is 25.3 Å². The Morgan fingerprint density at radius 1 is 1.64 bits per heavy atom. The summed E-state index contributed by atoms with van der Waals surface area (Å²) >= 11 is 1.62. The van der Waals surface area contributed by atoms with Crippen molar-refractivity contribution in [3.8, 4) is 6.07 Å². The van der Waals surface area contributed by atoms with E-state index >= 15 is 0 Å². The highest BCUT2D eigenvalue weighted by Crippen LogP contribution is 2.22. The topological polar surface area (TPSA) is 62.7 Å². The van der Waals surface area contributed by atoms with Gasteiger partial charge in [-0.05, 0) is 18.2 Å². The molecule has 0 aromatic carbocycles. The smallest absolute Gasteiger partial charge is 0.114 e. The summed E-state index contributed by atoms with van der Waals surface area (Å²) < 4.78 is 0. The molecule has 0 radical (unpaired) electrons. The van der Waals surface area contributed by atoms with Gasteiger partial charge < -0.3 is 5.73 Å². The van der Waals surface area contributed by atoms with Gasteiger partial charge in [0.25, 0.3) is 0 Å². The van der Waals surface area contributed by atoms with Crippen molar-refractivity contribution in [2.24, 2.45) is 0 Å². The minimum atomic E-state index is 0.543. The SMILES string of the molecule is CCCCSc1ncc(N)cc1C#N. The maximum atomic E-state index is 8.84. The predicted molar refractivity (Wildman–Crippen MR) is 59.0 cm³/mol. The molecule has 1 aromatic rings. The molecule has 74 valence electrons. The van der Waals surface area contributed by atoms with Gasteiger partial charge in [-0.3, -0.25) is 0 Å². The van der Waals surface area contributed by atoms with Crippen molar-refractivity contribution in [1.29, 1.82) is 5.26 Å². The number of nitrogens with zero attached hydrogens (tertiary/aromatic N) is 2. The van der Waals surface area contributed by atoms with E-state index in [0.717, 1.165) is 23.6 Å². The van der Waals surface area contributed by atoms with Crippen molar-refractivity contribution in [1.82, 2.24) is 4.98 Å². The van der Waals surface area contributed by atoms with Crippen LogP contribution < -0.4 is 5.73 Å². The number of nitrogen functional groups attached to an aromatic ring is 1. The quantitative estimate of drug-likeness (QED) is 0.608. The second-order valence-corrected chi connectivity index (χ2v) is 4.02. The number of hydrogen-bond acceptors (Lipinski definition) is 4. The van der Waals surface area contributed by atoms with Crippen LogP contribution in [0.2, 0.25) is 0 Å². The number of anilines is 1. The van der Waals surface area contributed by atoms with Crippen LogP contribution in [-0.4, -0.2) is 10.7 Å². The Balaban J connectivity index is 2.72. The zero-order valence-electron chi connectivity index (χ0n) is 8.16. The molecule has 0 unspecified atom stereocenters. The Morgan fingerprint density at radius 2 is 2.43 bits per heavy atom. The van der Waals surface area contributed by atoms with E-state index < -0.39 is 0 Å². The number of pyridine rings is 1. The fourth-order valence-corrected chi connectivity index (χ4v) is 1.99. The normalized spacial score (nSPS) is 9.71. The molecule has 2 N–H and O–H groups in total. The Hall–Kier alpha value is -1.21. The van der Waals surface area contributed by atoms with Gasteiger partial charge in [-0.25, -0.2) is 4.98 Å². The third kappa shape index (κ3) is 2.93. The van der Waals surface area contributed by atoms with Crippen molar-refractivity contribution in [2.45, 2.75) is 24.8 Å². The molecule has 0 aliphatic heterocycles. The molecular weight excluding hydrogens is 194 g/mol. The summed E-state index contributed by atoms with van der Waals surface area (Å²) in [5.41, 5.74) is 6.65. The second-order valence-electron chi connectivity index (χ2n) is 2.94. The lowest BCUT2D eigenvalue weighted by molar-refractivity contribution is 0.894. The van der Waals surface area contributed by atoms with E-state index in [0.29, 0.717) is 11.3 Å². The molecule has 0 saturated heterocycles. The molecule has 0 spiro atoms. The van der Waals surface area contributed by atoms with Crippen LogP contribution in [0.5, 0.6) is 0 Å². The number of rotatable bonds is 4. The number of nitriles is 1. The molecule has 14 heavy (non-hydrogen) atoms. The molecule has 3 nitrogen and oxygen atoms in total. The number of thioether (sulfide) groups is 1. The van der Waals surface area contributed by atoms with Crippen LogP contribution >= 0.6 is 11.8 Å². The van der Waals surface area contributed by atoms with E-state index in [4.69, 9.17) is 11.0 Å². The van der Waals surface area contributed by atoms with Crippen LogP contribution in [0.15, 0.2) is 17.3 Å². The summed E-state index contributed by atoms with van der Waals surface area (Å²) in [6.07, 6.45) is 3.89. The molecule has 4 heteroatoms. The third-order valence-electron chi connectivity index (χ3n) is 1.73. The summed E-state index contributed by atoms with van der Waals surface area (Å²) in [5, 5.41) is 9.63. The summed E-state index contributed by atoms with van der Waals surface area (Å²) in [7, 11) is 0. The average molecular weight is 207 g/mol. The van der Waals surface area contributed by atoms with Gasteiger partial charge in [-0.15, -0.1) is 11.8 Å². The van der Waals surface area contributed by atoms with E-state index in [-0.39, 0.29) is 0 Å². The summed E-state index contributed by atoms with van der Waals surface area (Å²) in [6.45, 7) is 2.14. The van der Waals surface area contributed by atoms with Crippen LogP contribution in [0, 0.1) is 11.3 Å². The number of nitrogens with two attached hydrogens (primary N) is 1.